The van der Waals surface area contributed by atoms with Gasteiger partial charge in [0.15, 0.2) is 5.79 Å². The van der Waals surface area contributed by atoms with E-state index in [9.17, 15) is 4.79 Å². The zero-order valence-electron chi connectivity index (χ0n) is 16.9. The van der Waals surface area contributed by atoms with Crippen LogP contribution < -0.4 is 0 Å². The Morgan fingerprint density at radius 1 is 1.19 bits per heavy atom. The van der Waals surface area contributed by atoms with Gasteiger partial charge in [0.1, 0.15) is 12.7 Å². The summed E-state index contributed by atoms with van der Waals surface area (Å²) in [5.74, 6) is -1.18. The molecule has 2 aromatic carbocycles. The Morgan fingerprint density at radius 3 is 2.68 bits per heavy atom. The molecule has 0 bridgehead atoms. The molecule has 0 spiro atoms. The van der Waals surface area contributed by atoms with Crippen molar-refractivity contribution in [2.45, 2.75) is 31.3 Å². The molecule has 1 aliphatic rings. The van der Waals surface area contributed by atoms with Gasteiger partial charge in [0, 0.05) is 23.8 Å². The quantitative estimate of drug-likeness (QED) is 0.459. The molecule has 6 nitrogen and oxygen atoms in total. The molecule has 0 aliphatic carbocycles. The van der Waals surface area contributed by atoms with Crippen molar-refractivity contribution in [3.05, 3.63) is 89.5 Å². The molecule has 0 radical (unpaired) electrons. The van der Waals surface area contributed by atoms with Crippen LogP contribution in [0.3, 0.4) is 0 Å². The summed E-state index contributed by atoms with van der Waals surface area (Å²) in [6.45, 7) is 1.00. The second kappa shape index (κ2) is 10.8. The Balaban J connectivity index is 0.00000272. The third kappa shape index (κ3) is 6.31. The van der Waals surface area contributed by atoms with Crippen LogP contribution in [0.25, 0.3) is 0 Å². The van der Waals surface area contributed by atoms with Crippen LogP contribution in [0.15, 0.2) is 73.3 Å². The van der Waals surface area contributed by atoms with Gasteiger partial charge < -0.3 is 18.8 Å². The van der Waals surface area contributed by atoms with Gasteiger partial charge in [-0.15, -0.1) is 12.4 Å². The second-order valence-corrected chi connectivity index (χ2v) is 7.72. The van der Waals surface area contributed by atoms with Crippen LogP contribution in [0, 0.1) is 0 Å². The van der Waals surface area contributed by atoms with Crippen LogP contribution in [0.1, 0.15) is 22.3 Å². The summed E-state index contributed by atoms with van der Waals surface area (Å²) < 4.78 is 19.8. The maximum atomic E-state index is 12.2. The first-order valence-corrected chi connectivity index (χ1v) is 10.2. The van der Waals surface area contributed by atoms with Gasteiger partial charge in [0.05, 0.1) is 25.0 Å². The van der Waals surface area contributed by atoms with Gasteiger partial charge in [0.25, 0.3) is 0 Å². The highest BCUT2D eigenvalue weighted by atomic mass is 35.5. The molecule has 164 valence electrons. The molecule has 3 aromatic rings. The number of hydrogen-bond donors (Lipinski definition) is 0. The van der Waals surface area contributed by atoms with Crippen molar-refractivity contribution in [2.75, 3.05) is 13.2 Å². The van der Waals surface area contributed by atoms with Crippen molar-refractivity contribution in [3.8, 4) is 0 Å². The average molecular weight is 463 g/mol. The molecule has 31 heavy (non-hydrogen) atoms. The highest BCUT2D eigenvalue weighted by Crippen LogP contribution is 2.31. The molecule has 1 saturated heterocycles. The number of rotatable bonds is 8. The number of aryl methyl sites for hydroxylation is 1. The summed E-state index contributed by atoms with van der Waals surface area (Å²) in [6, 6.07) is 16.7. The monoisotopic (exact) mass is 462 g/mol. The molecule has 8 heteroatoms. The second-order valence-electron chi connectivity index (χ2n) is 7.29. The number of carbonyl (C=O) groups is 1. The molecular weight excluding hydrogens is 439 g/mol. The SMILES string of the molecule is Cl.O=C(OC[C@@H]1CO[C@](CCc2ccc(Cl)cc2)(Cn2ccnc2)O1)c1ccccc1. The van der Waals surface area contributed by atoms with E-state index in [1.807, 2.05) is 41.1 Å². The van der Waals surface area contributed by atoms with Crippen LogP contribution >= 0.6 is 24.0 Å². The fraction of sp³-hybridized carbons (Fsp3) is 0.304. The lowest BCUT2D eigenvalue weighted by Crippen LogP contribution is -2.37. The Labute approximate surface area is 192 Å². The van der Waals surface area contributed by atoms with E-state index >= 15 is 0 Å². The van der Waals surface area contributed by atoms with Gasteiger partial charge in [0.2, 0.25) is 0 Å². The first-order chi connectivity index (χ1) is 14.6. The van der Waals surface area contributed by atoms with Gasteiger partial charge in [-0.2, -0.15) is 0 Å². The lowest BCUT2D eigenvalue weighted by atomic mass is 10.0. The topological polar surface area (TPSA) is 62.6 Å². The van der Waals surface area contributed by atoms with E-state index in [1.54, 1.807) is 36.8 Å². The minimum atomic E-state index is -0.815. The molecular formula is C23H24Cl2N2O4. The number of esters is 1. The van der Waals surface area contributed by atoms with Crippen LogP contribution in [-0.2, 0) is 27.2 Å². The van der Waals surface area contributed by atoms with Crippen LogP contribution in [0.4, 0.5) is 0 Å². The van der Waals surface area contributed by atoms with Gasteiger partial charge >= 0.3 is 5.97 Å². The maximum absolute atomic E-state index is 12.2. The minimum absolute atomic E-state index is 0. The molecule has 1 aromatic heterocycles. The third-order valence-electron chi connectivity index (χ3n) is 5.01. The number of carbonyl (C=O) groups excluding carboxylic acids is 1. The van der Waals surface area contributed by atoms with Crippen molar-refractivity contribution in [2.24, 2.45) is 0 Å². The number of imidazole rings is 1. The number of halogens is 2. The van der Waals surface area contributed by atoms with Crippen molar-refractivity contribution >= 4 is 30.0 Å². The summed E-state index contributed by atoms with van der Waals surface area (Å²) in [7, 11) is 0. The number of benzene rings is 2. The Bertz CT molecular complexity index is 951. The van der Waals surface area contributed by atoms with Crippen LogP contribution in [0.2, 0.25) is 5.02 Å². The van der Waals surface area contributed by atoms with Crippen LogP contribution in [0.5, 0.6) is 0 Å². The van der Waals surface area contributed by atoms with E-state index in [2.05, 4.69) is 4.98 Å². The lowest BCUT2D eigenvalue weighted by Gasteiger charge is -2.28. The summed E-state index contributed by atoms with van der Waals surface area (Å²) in [6.07, 6.45) is 6.42. The minimum Gasteiger partial charge on any atom is -0.459 e. The fourth-order valence-electron chi connectivity index (χ4n) is 3.46. The van der Waals surface area contributed by atoms with Crippen molar-refractivity contribution < 1.29 is 19.0 Å². The zero-order chi connectivity index (χ0) is 20.8. The van der Waals surface area contributed by atoms with Crippen LogP contribution in [-0.4, -0.2) is 40.6 Å². The molecule has 2 heterocycles. The van der Waals surface area contributed by atoms with E-state index < -0.39 is 5.79 Å². The maximum Gasteiger partial charge on any atom is 0.338 e. The van der Waals surface area contributed by atoms with Gasteiger partial charge in [-0.3, -0.25) is 0 Å². The predicted molar refractivity (Wildman–Crippen MR) is 120 cm³/mol. The third-order valence-corrected chi connectivity index (χ3v) is 5.27. The van der Waals surface area contributed by atoms with E-state index in [4.69, 9.17) is 25.8 Å². The number of hydrogen-bond acceptors (Lipinski definition) is 5. The Hall–Kier alpha value is -2.38. The van der Waals surface area contributed by atoms with Crippen molar-refractivity contribution in [1.82, 2.24) is 9.55 Å². The van der Waals surface area contributed by atoms with E-state index in [1.165, 1.54) is 0 Å². The molecule has 2 atom stereocenters. The highest BCUT2D eigenvalue weighted by molar-refractivity contribution is 6.30. The highest BCUT2D eigenvalue weighted by Gasteiger charge is 2.42. The predicted octanol–water partition coefficient (Wildman–Crippen LogP) is 4.56. The molecule has 0 amide bonds. The zero-order valence-corrected chi connectivity index (χ0v) is 18.4. The van der Waals surface area contributed by atoms with Gasteiger partial charge in [-0.1, -0.05) is 41.9 Å². The molecule has 4 rings (SSSR count). The first-order valence-electron chi connectivity index (χ1n) is 9.86. The summed E-state index contributed by atoms with van der Waals surface area (Å²) >= 11 is 5.98. The summed E-state index contributed by atoms with van der Waals surface area (Å²) in [5.41, 5.74) is 1.67. The largest absolute Gasteiger partial charge is 0.459 e. The van der Waals surface area contributed by atoms with E-state index in [0.29, 0.717) is 30.2 Å². The molecule has 0 N–H and O–H groups in total. The van der Waals surface area contributed by atoms with Gasteiger partial charge in [-0.25, -0.2) is 9.78 Å². The molecule has 0 saturated carbocycles. The van der Waals surface area contributed by atoms with Crippen molar-refractivity contribution in [1.29, 1.82) is 0 Å². The average Bonchev–Trinajstić information content (AvgIpc) is 3.43. The molecule has 1 aliphatic heterocycles. The standard InChI is InChI=1S/C23H23ClN2O4.ClH/c24-20-8-6-18(7-9-20)10-11-23(16-26-13-12-25-17-26)29-15-21(30-23)14-28-22(27)19-4-2-1-3-5-19;/h1-9,12-13,17,21H,10-11,14-16H2;1H/t21-,23+;/m1./s1. The molecule has 0 unspecified atom stereocenters. The summed E-state index contributed by atoms with van der Waals surface area (Å²) in [4.78, 5) is 16.3. The Morgan fingerprint density at radius 2 is 1.97 bits per heavy atom. The van der Waals surface area contributed by atoms with E-state index in [-0.39, 0.29) is 31.1 Å². The number of nitrogens with zero attached hydrogens (tertiary/aromatic N) is 2. The van der Waals surface area contributed by atoms with Gasteiger partial charge in [-0.05, 0) is 36.2 Å². The smallest absolute Gasteiger partial charge is 0.338 e. The van der Waals surface area contributed by atoms with Crippen molar-refractivity contribution in [3.63, 3.8) is 0 Å². The fourth-order valence-corrected chi connectivity index (χ4v) is 3.59. The normalized spacial score (nSPS) is 20.2. The molecule has 1 fully saturated rings. The lowest BCUT2D eigenvalue weighted by molar-refractivity contribution is -0.185. The summed E-state index contributed by atoms with van der Waals surface area (Å²) in [5, 5.41) is 0.709. The number of aromatic nitrogens is 2. The first kappa shape index (κ1) is 23.3. The van der Waals surface area contributed by atoms with E-state index in [0.717, 1.165) is 12.0 Å². The Kier molecular flexibility index (Phi) is 8.09. The number of ether oxygens (including phenoxy) is 3.